The topological polar surface area (TPSA) is 93.4 Å². The molecule has 146 valence electrons. The third-order valence-corrected chi connectivity index (χ3v) is 5.85. The number of anilines is 2. The number of nitrogens with zero attached hydrogens (tertiary/aromatic N) is 3. The van der Waals surface area contributed by atoms with Gasteiger partial charge in [-0.2, -0.15) is 0 Å². The number of carbonyl (C=O) groups is 1. The van der Waals surface area contributed by atoms with Gasteiger partial charge in [0.1, 0.15) is 6.10 Å². The molecular weight excluding hydrogens is 374 g/mol. The minimum atomic E-state index is -0.428. The molecule has 1 saturated heterocycles. The number of thiazole rings is 1. The molecule has 1 fully saturated rings. The molecule has 28 heavy (non-hydrogen) atoms. The first-order valence-electron chi connectivity index (χ1n) is 9.27. The van der Waals surface area contributed by atoms with Crippen LogP contribution in [-0.2, 0) is 4.74 Å². The molecule has 2 aromatic heterocycles. The van der Waals surface area contributed by atoms with Crippen molar-refractivity contribution in [2.24, 2.45) is 0 Å². The first-order valence-corrected chi connectivity index (χ1v) is 10.1. The molecule has 7 nitrogen and oxygen atoms in total. The summed E-state index contributed by atoms with van der Waals surface area (Å²) in [6, 6.07) is 7.88. The summed E-state index contributed by atoms with van der Waals surface area (Å²) < 4.78 is 6.60. The summed E-state index contributed by atoms with van der Waals surface area (Å²) in [7, 11) is 2.08. The van der Waals surface area contributed by atoms with E-state index in [-0.39, 0.29) is 6.10 Å². The number of amides is 1. The van der Waals surface area contributed by atoms with Gasteiger partial charge in [0.15, 0.2) is 5.13 Å². The van der Waals surface area contributed by atoms with Crippen LogP contribution in [0.2, 0.25) is 0 Å². The largest absolute Gasteiger partial charge is 0.446 e. The van der Waals surface area contributed by atoms with Gasteiger partial charge < -0.3 is 15.4 Å². The van der Waals surface area contributed by atoms with Crippen LogP contribution in [0.3, 0.4) is 0 Å². The molecule has 0 bridgehead atoms. The van der Waals surface area contributed by atoms with Crippen molar-refractivity contribution < 1.29 is 9.53 Å². The molecule has 0 saturated carbocycles. The molecule has 0 spiro atoms. The van der Waals surface area contributed by atoms with Crippen molar-refractivity contribution in [1.29, 1.82) is 0 Å². The summed E-state index contributed by atoms with van der Waals surface area (Å²) in [5.41, 5.74) is 9.98. The Morgan fingerprint density at radius 1 is 1.29 bits per heavy atom. The van der Waals surface area contributed by atoms with Gasteiger partial charge >= 0.3 is 6.09 Å². The fraction of sp³-hybridized carbons (Fsp3) is 0.350. The lowest BCUT2D eigenvalue weighted by Gasteiger charge is -2.28. The SMILES string of the molecule is Cc1ncc(-c2ccc3nc(N)sc3c2)cc1NC(=O)OC1CCN(C)CC1. The molecule has 3 aromatic rings. The molecule has 4 rings (SSSR count). The maximum Gasteiger partial charge on any atom is 0.411 e. The maximum absolute atomic E-state index is 12.3. The zero-order valence-corrected chi connectivity index (χ0v) is 16.8. The molecule has 0 unspecified atom stereocenters. The number of benzene rings is 1. The zero-order chi connectivity index (χ0) is 19.7. The van der Waals surface area contributed by atoms with Crippen LogP contribution in [0.5, 0.6) is 0 Å². The number of aromatic nitrogens is 2. The van der Waals surface area contributed by atoms with E-state index in [4.69, 9.17) is 10.5 Å². The number of piperidine rings is 1. The van der Waals surface area contributed by atoms with Crippen molar-refractivity contribution in [2.45, 2.75) is 25.9 Å². The molecule has 1 aromatic carbocycles. The Bertz CT molecular complexity index is 1010. The van der Waals surface area contributed by atoms with Gasteiger partial charge in [-0.05, 0) is 50.6 Å². The van der Waals surface area contributed by atoms with Crippen molar-refractivity contribution in [1.82, 2.24) is 14.9 Å². The number of aryl methyl sites for hydroxylation is 1. The standard InChI is InChI=1S/C20H23N5O2S/c1-12-17(24-20(26)27-15-5-7-25(2)8-6-15)9-14(11-22-12)13-3-4-16-18(10-13)28-19(21)23-16/h3-4,9-11,15H,5-8H2,1-2H3,(H2,21,23)(H,24,26). The summed E-state index contributed by atoms with van der Waals surface area (Å²) in [5.74, 6) is 0. The molecule has 3 N–H and O–H groups in total. The Labute approximate surface area is 167 Å². The third-order valence-electron chi connectivity index (χ3n) is 5.00. The first-order chi connectivity index (χ1) is 13.5. The van der Waals surface area contributed by atoms with Crippen LogP contribution in [0.4, 0.5) is 15.6 Å². The summed E-state index contributed by atoms with van der Waals surface area (Å²) >= 11 is 1.45. The van der Waals surface area contributed by atoms with E-state index in [0.717, 1.165) is 53.0 Å². The lowest BCUT2D eigenvalue weighted by Crippen LogP contribution is -2.36. The van der Waals surface area contributed by atoms with Crippen molar-refractivity contribution >= 4 is 38.5 Å². The van der Waals surface area contributed by atoms with E-state index in [1.807, 2.05) is 31.2 Å². The second-order valence-corrected chi connectivity index (χ2v) is 8.19. The number of likely N-dealkylation sites (tertiary alicyclic amines) is 1. The minimum absolute atomic E-state index is 0.0353. The van der Waals surface area contributed by atoms with Crippen LogP contribution in [-0.4, -0.2) is 47.2 Å². The Morgan fingerprint density at radius 2 is 2.07 bits per heavy atom. The van der Waals surface area contributed by atoms with Gasteiger partial charge in [0.2, 0.25) is 0 Å². The lowest BCUT2D eigenvalue weighted by molar-refractivity contribution is 0.0661. The number of hydrogen-bond acceptors (Lipinski definition) is 7. The summed E-state index contributed by atoms with van der Waals surface area (Å²) in [6.07, 6.45) is 3.06. The maximum atomic E-state index is 12.3. The third kappa shape index (κ3) is 4.07. The van der Waals surface area contributed by atoms with Crippen LogP contribution < -0.4 is 11.1 Å². The van der Waals surface area contributed by atoms with Gasteiger partial charge in [-0.1, -0.05) is 17.4 Å². The van der Waals surface area contributed by atoms with Gasteiger partial charge in [0.05, 0.1) is 21.6 Å². The molecule has 8 heteroatoms. The molecule has 3 heterocycles. The van der Waals surface area contributed by atoms with Crippen molar-refractivity contribution in [3.63, 3.8) is 0 Å². The minimum Gasteiger partial charge on any atom is -0.446 e. The molecule has 1 aliphatic heterocycles. The summed E-state index contributed by atoms with van der Waals surface area (Å²) in [6.45, 7) is 3.75. The predicted molar refractivity (Wildman–Crippen MR) is 113 cm³/mol. The quantitative estimate of drug-likeness (QED) is 0.696. The number of pyridine rings is 1. The van der Waals surface area contributed by atoms with E-state index in [1.54, 1.807) is 6.20 Å². The van der Waals surface area contributed by atoms with E-state index in [2.05, 4.69) is 27.2 Å². The first kappa shape index (κ1) is 18.6. The fourth-order valence-electron chi connectivity index (χ4n) is 3.33. The van der Waals surface area contributed by atoms with E-state index in [1.165, 1.54) is 11.3 Å². The molecular formula is C20H23N5O2S. The van der Waals surface area contributed by atoms with E-state index in [9.17, 15) is 4.79 Å². The average molecular weight is 398 g/mol. The van der Waals surface area contributed by atoms with Gasteiger partial charge in [-0.25, -0.2) is 9.78 Å². The molecule has 1 amide bonds. The summed E-state index contributed by atoms with van der Waals surface area (Å²) in [5, 5.41) is 3.40. The Kier molecular flexibility index (Phi) is 5.15. The van der Waals surface area contributed by atoms with Crippen LogP contribution in [0.15, 0.2) is 30.5 Å². The van der Waals surface area contributed by atoms with Gasteiger partial charge in [-0.3, -0.25) is 10.3 Å². The van der Waals surface area contributed by atoms with Crippen LogP contribution in [0.25, 0.3) is 21.3 Å². The van der Waals surface area contributed by atoms with Crippen molar-refractivity contribution in [2.75, 3.05) is 31.2 Å². The van der Waals surface area contributed by atoms with E-state index in [0.29, 0.717) is 10.8 Å². The number of rotatable bonds is 3. The number of carbonyl (C=O) groups excluding carboxylic acids is 1. The van der Waals surface area contributed by atoms with Gasteiger partial charge in [-0.15, -0.1) is 0 Å². The smallest absolute Gasteiger partial charge is 0.411 e. The number of nitrogen functional groups attached to an aromatic ring is 1. The van der Waals surface area contributed by atoms with Crippen LogP contribution in [0, 0.1) is 6.92 Å². The highest BCUT2D eigenvalue weighted by Gasteiger charge is 2.20. The van der Waals surface area contributed by atoms with Gasteiger partial charge in [0, 0.05) is 24.8 Å². The van der Waals surface area contributed by atoms with E-state index >= 15 is 0 Å². The monoisotopic (exact) mass is 397 g/mol. The molecule has 0 atom stereocenters. The molecule has 0 aliphatic carbocycles. The Hall–Kier alpha value is -2.71. The highest BCUT2D eigenvalue weighted by molar-refractivity contribution is 7.22. The van der Waals surface area contributed by atoms with Gasteiger partial charge in [0.25, 0.3) is 0 Å². The molecule has 0 radical (unpaired) electrons. The molecule has 1 aliphatic rings. The van der Waals surface area contributed by atoms with Crippen LogP contribution >= 0.6 is 11.3 Å². The number of hydrogen-bond donors (Lipinski definition) is 2. The second-order valence-electron chi connectivity index (χ2n) is 7.12. The Morgan fingerprint density at radius 3 is 2.86 bits per heavy atom. The fourth-order valence-corrected chi connectivity index (χ4v) is 4.11. The van der Waals surface area contributed by atoms with Crippen LogP contribution in [0.1, 0.15) is 18.5 Å². The highest BCUT2D eigenvalue weighted by Crippen LogP contribution is 2.30. The van der Waals surface area contributed by atoms with Crippen molar-refractivity contribution in [3.05, 3.63) is 36.2 Å². The number of fused-ring (bicyclic) bond motifs is 1. The summed E-state index contributed by atoms with van der Waals surface area (Å²) in [4.78, 5) is 23.3. The highest BCUT2D eigenvalue weighted by atomic mass is 32.1. The van der Waals surface area contributed by atoms with E-state index < -0.39 is 6.09 Å². The lowest BCUT2D eigenvalue weighted by atomic mass is 10.1. The zero-order valence-electron chi connectivity index (χ0n) is 15.9. The van der Waals surface area contributed by atoms with Crippen molar-refractivity contribution in [3.8, 4) is 11.1 Å². The normalized spacial score (nSPS) is 15.6. The predicted octanol–water partition coefficient (Wildman–Crippen LogP) is 3.89. The average Bonchev–Trinajstić information content (AvgIpc) is 3.04. The Balaban J connectivity index is 1.50. The number of ether oxygens (including phenoxy) is 1. The number of nitrogens with two attached hydrogens (primary N) is 1. The number of nitrogens with one attached hydrogen (secondary N) is 1. The second kappa shape index (κ2) is 7.73.